The summed E-state index contributed by atoms with van der Waals surface area (Å²) in [7, 11) is 0. The number of carbonyl (C=O) groups excluding carboxylic acids is 1. The second kappa shape index (κ2) is 5.65. The fraction of sp³-hybridized carbons (Fsp3) is 0.400. The first-order chi connectivity index (χ1) is 10.2. The highest BCUT2D eigenvalue weighted by atomic mass is 16.6. The first kappa shape index (κ1) is 13.8. The number of nitrogens with zero attached hydrogens (tertiary/aromatic N) is 3. The molecule has 1 aliphatic heterocycles. The lowest BCUT2D eigenvalue weighted by Gasteiger charge is -2.22. The van der Waals surface area contributed by atoms with E-state index in [9.17, 15) is 4.79 Å². The summed E-state index contributed by atoms with van der Waals surface area (Å²) in [6, 6.07) is 7.12. The number of ether oxygens (including phenoxy) is 2. The number of carbonyl (C=O) groups is 1. The van der Waals surface area contributed by atoms with Gasteiger partial charge in [-0.25, -0.2) is 4.79 Å². The molecule has 0 bridgehead atoms. The molecule has 110 valence electrons. The minimum atomic E-state index is -0.335. The van der Waals surface area contributed by atoms with Gasteiger partial charge in [0.2, 0.25) is 0 Å². The zero-order valence-corrected chi connectivity index (χ0v) is 11.9. The standard InChI is InChI=1S/C15H17N3O3/c1-15(7-2-8-21-15)9-20-14(19)12-3-5-13(6-4-12)18-10-16-17-11-18/h3-6,10-11H,2,7-9H2,1H3/t15-/m0/s1. The van der Waals surface area contributed by atoms with E-state index in [0.717, 1.165) is 25.1 Å². The summed E-state index contributed by atoms with van der Waals surface area (Å²) in [5, 5.41) is 7.49. The monoisotopic (exact) mass is 287 g/mol. The van der Waals surface area contributed by atoms with Gasteiger partial charge >= 0.3 is 5.97 Å². The quantitative estimate of drug-likeness (QED) is 0.805. The van der Waals surface area contributed by atoms with Gasteiger partial charge in [0.25, 0.3) is 0 Å². The van der Waals surface area contributed by atoms with Gasteiger partial charge in [-0.1, -0.05) is 0 Å². The van der Waals surface area contributed by atoms with Crippen LogP contribution in [0.3, 0.4) is 0 Å². The van der Waals surface area contributed by atoms with Gasteiger partial charge in [-0.05, 0) is 44.0 Å². The van der Waals surface area contributed by atoms with Gasteiger partial charge < -0.3 is 9.47 Å². The fourth-order valence-corrected chi connectivity index (χ4v) is 2.36. The van der Waals surface area contributed by atoms with Crippen molar-refractivity contribution in [3.05, 3.63) is 42.5 Å². The van der Waals surface area contributed by atoms with Crippen molar-refractivity contribution in [3.63, 3.8) is 0 Å². The number of esters is 1. The van der Waals surface area contributed by atoms with Crippen molar-refractivity contribution in [1.29, 1.82) is 0 Å². The lowest BCUT2D eigenvalue weighted by atomic mass is 10.0. The second-order valence-corrected chi connectivity index (χ2v) is 5.39. The van der Waals surface area contributed by atoms with Gasteiger partial charge in [-0.2, -0.15) is 0 Å². The van der Waals surface area contributed by atoms with Crippen LogP contribution in [0.2, 0.25) is 0 Å². The molecule has 3 rings (SSSR count). The largest absolute Gasteiger partial charge is 0.459 e. The van der Waals surface area contributed by atoms with E-state index in [2.05, 4.69) is 10.2 Å². The summed E-state index contributed by atoms with van der Waals surface area (Å²) in [6.07, 6.45) is 5.14. The van der Waals surface area contributed by atoms with Gasteiger partial charge in [0, 0.05) is 12.3 Å². The van der Waals surface area contributed by atoms with E-state index in [0.29, 0.717) is 12.2 Å². The Morgan fingerprint density at radius 2 is 2.05 bits per heavy atom. The molecule has 6 heteroatoms. The zero-order chi connectivity index (χ0) is 14.7. The molecule has 0 amide bonds. The lowest BCUT2D eigenvalue weighted by molar-refractivity contribution is -0.0378. The molecule has 0 N–H and O–H groups in total. The molecule has 1 aliphatic rings. The number of aromatic nitrogens is 3. The summed E-state index contributed by atoms with van der Waals surface area (Å²) in [5.41, 5.74) is 1.08. The summed E-state index contributed by atoms with van der Waals surface area (Å²) in [6.45, 7) is 3.00. The van der Waals surface area contributed by atoms with Crippen molar-refractivity contribution in [2.45, 2.75) is 25.4 Å². The summed E-state index contributed by atoms with van der Waals surface area (Å²) < 4.78 is 12.7. The Kier molecular flexibility index (Phi) is 3.70. The molecule has 0 spiro atoms. The van der Waals surface area contributed by atoms with Gasteiger partial charge in [0.05, 0.1) is 11.2 Å². The van der Waals surface area contributed by atoms with Crippen LogP contribution in [0, 0.1) is 0 Å². The Hall–Kier alpha value is -2.21. The molecule has 0 aliphatic carbocycles. The maximum atomic E-state index is 12.0. The minimum absolute atomic E-state index is 0.291. The van der Waals surface area contributed by atoms with Crippen LogP contribution in [0.5, 0.6) is 0 Å². The van der Waals surface area contributed by atoms with E-state index in [1.807, 2.05) is 19.1 Å². The molecule has 0 radical (unpaired) electrons. The van der Waals surface area contributed by atoms with E-state index < -0.39 is 0 Å². The number of hydrogen-bond acceptors (Lipinski definition) is 5. The molecule has 1 fully saturated rings. The molecule has 1 aromatic heterocycles. The molecule has 0 saturated carbocycles. The highest BCUT2D eigenvalue weighted by Gasteiger charge is 2.31. The van der Waals surface area contributed by atoms with Crippen LogP contribution < -0.4 is 0 Å². The Labute approximate surface area is 122 Å². The lowest BCUT2D eigenvalue weighted by Crippen LogP contribution is -2.31. The smallest absolute Gasteiger partial charge is 0.338 e. The number of benzene rings is 1. The Morgan fingerprint density at radius 3 is 2.67 bits per heavy atom. The van der Waals surface area contributed by atoms with E-state index >= 15 is 0 Å². The maximum absolute atomic E-state index is 12.0. The first-order valence-electron chi connectivity index (χ1n) is 6.92. The topological polar surface area (TPSA) is 66.2 Å². The van der Waals surface area contributed by atoms with Crippen molar-refractivity contribution in [2.75, 3.05) is 13.2 Å². The molecule has 2 heterocycles. The van der Waals surface area contributed by atoms with Crippen LogP contribution in [0.4, 0.5) is 0 Å². The number of hydrogen-bond donors (Lipinski definition) is 0. The van der Waals surface area contributed by atoms with Gasteiger partial charge in [0.1, 0.15) is 19.3 Å². The molecular weight excluding hydrogens is 270 g/mol. The Bertz CT molecular complexity index is 602. The van der Waals surface area contributed by atoms with Crippen LogP contribution in [-0.2, 0) is 9.47 Å². The van der Waals surface area contributed by atoms with Gasteiger partial charge in [-0.3, -0.25) is 4.57 Å². The maximum Gasteiger partial charge on any atom is 0.338 e. The zero-order valence-electron chi connectivity index (χ0n) is 11.9. The van der Waals surface area contributed by atoms with Crippen molar-refractivity contribution < 1.29 is 14.3 Å². The Morgan fingerprint density at radius 1 is 1.33 bits per heavy atom. The minimum Gasteiger partial charge on any atom is -0.459 e. The van der Waals surface area contributed by atoms with Crippen LogP contribution in [0.1, 0.15) is 30.1 Å². The predicted molar refractivity (Wildman–Crippen MR) is 75.2 cm³/mol. The molecule has 2 aromatic rings. The third-order valence-electron chi connectivity index (χ3n) is 3.63. The van der Waals surface area contributed by atoms with Crippen LogP contribution in [0.25, 0.3) is 5.69 Å². The van der Waals surface area contributed by atoms with Crippen molar-refractivity contribution >= 4 is 5.97 Å². The fourth-order valence-electron chi connectivity index (χ4n) is 2.36. The molecule has 1 atom stereocenters. The molecular formula is C15H17N3O3. The van der Waals surface area contributed by atoms with E-state index in [1.54, 1.807) is 29.4 Å². The second-order valence-electron chi connectivity index (χ2n) is 5.39. The molecule has 6 nitrogen and oxygen atoms in total. The third-order valence-corrected chi connectivity index (χ3v) is 3.63. The average molecular weight is 287 g/mol. The Balaban J connectivity index is 1.62. The van der Waals surface area contributed by atoms with E-state index in [1.165, 1.54) is 0 Å². The normalized spacial score (nSPS) is 21.4. The third kappa shape index (κ3) is 3.11. The average Bonchev–Trinajstić information content (AvgIpc) is 3.17. The van der Waals surface area contributed by atoms with Crippen LogP contribution in [-0.4, -0.2) is 39.5 Å². The summed E-state index contributed by atoms with van der Waals surface area (Å²) in [4.78, 5) is 12.0. The van der Waals surface area contributed by atoms with Crippen molar-refractivity contribution in [3.8, 4) is 5.69 Å². The van der Waals surface area contributed by atoms with Crippen molar-refractivity contribution in [2.24, 2.45) is 0 Å². The molecule has 0 unspecified atom stereocenters. The highest BCUT2D eigenvalue weighted by molar-refractivity contribution is 5.89. The summed E-state index contributed by atoms with van der Waals surface area (Å²) in [5.74, 6) is -0.331. The molecule has 1 aromatic carbocycles. The SMILES string of the molecule is C[C@@]1(COC(=O)c2ccc(-n3cnnc3)cc2)CCCO1. The number of rotatable bonds is 4. The highest BCUT2D eigenvalue weighted by Crippen LogP contribution is 2.25. The molecule has 21 heavy (non-hydrogen) atoms. The summed E-state index contributed by atoms with van der Waals surface area (Å²) >= 11 is 0. The van der Waals surface area contributed by atoms with Crippen molar-refractivity contribution in [1.82, 2.24) is 14.8 Å². The predicted octanol–water partition coefficient (Wildman–Crippen LogP) is 1.99. The molecule has 1 saturated heterocycles. The first-order valence-corrected chi connectivity index (χ1v) is 6.92. The van der Waals surface area contributed by atoms with Gasteiger partial charge in [-0.15, -0.1) is 10.2 Å². The van der Waals surface area contributed by atoms with Gasteiger partial charge in [0.15, 0.2) is 0 Å². The van der Waals surface area contributed by atoms with E-state index in [4.69, 9.17) is 9.47 Å². The van der Waals surface area contributed by atoms with Crippen LogP contribution >= 0.6 is 0 Å². The van der Waals surface area contributed by atoms with Crippen LogP contribution in [0.15, 0.2) is 36.9 Å². The van der Waals surface area contributed by atoms with E-state index in [-0.39, 0.29) is 11.6 Å².